The monoisotopic (exact) mass is 98.1 g/mol. The van der Waals surface area contributed by atoms with E-state index in [0.29, 0.717) is 5.82 Å². The van der Waals surface area contributed by atoms with Crippen LogP contribution < -0.4 is 5.73 Å². The molecule has 0 aliphatic heterocycles. The molecule has 0 radical (unpaired) electrons. The summed E-state index contributed by atoms with van der Waals surface area (Å²) in [5.74, 6) is 0.377. The van der Waals surface area contributed by atoms with Crippen LogP contribution in [0.4, 0.5) is 0 Å². The number of nitrogens with zero attached hydrogens (tertiary/aromatic N) is 1. The SMILES string of the molecule is C=C(N)/N=C\CC. The van der Waals surface area contributed by atoms with Crippen LogP contribution in [0.15, 0.2) is 17.4 Å². The second-order valence-electron chi connectivity index (χ2n) is 1.21. The number of nitrogens with two attached hydrogens (primary N) is 1. The lowest BCUT2D eigenvalue weighted by atomic mass is 10.5. The molecule has 0 unspecified atom stereocenters. The Morgan fingerprint density at radius 3 is 2.71 bits per heavy atom. The van der Waals surface area contributed by atoms with Gasteiger partial charge in [0.2, 0.25) is 0 Å². The van der Waals surface area contributed by atoms with E-state index in [0.717, 1.165) is 6.42 Å². The Labute approximate surface area is 43.7 Å². The average Bonchev–Trinajstić information content (AvgIpc) is 1.61. The first-order valence-corrected chi connectivity index (χ1v) is 2.24. The standard InChI is InChI=1S/C5H10N2/c1-3-4-7-5(2)6/h4H,2-3,6H2,1H3/b7-4-. The van der Waals surface area contributed by atoms with Gasteiger partial charge in [-0.1, -0.05) is 13.5 Å². The Kier molecular flexibility index (Phi) is 3.02. The highest BCUT2D eigenvalue weighted by molar-refractivity contribution is 5.57. The molecule has 0 rings (SSSR count). The van der Waals surface area contributed by atoms with Gasteiger partial charge >= 0.3 is 0 Å². The number of aliphatic imine (C=N–C) groups is 1. The van der Waals surface area contributed by atoms with Gasteiger partial charge in [-0.2, -0.15) is 0 Å². The molecule has 40 valence electrons. The van der Waals surface area contributed by atoms with Gasteiger partial charge in [0.05, 0.1) is 0 Å². The number of hydrogen-bond donors (Lipinski definition) is 1. The van der Waals surface area contributed by atoms with Crippen molar-refractivity contribution in [1.29, 1.82) is 0 Å². The number of rotatable bonds is 2. The fraction of sp³-hybridized carbons (Fsp3) is 0.400. The molecule has 0 amide bonds. The minimum Gasteiger partial charge on any atom is -0.384 e. The summed E-state index contributed by atoms with van der Waals surface area (Å²) in [5.41, 5.74) is 5.09. The van der Waals surface area contributed by atoms with E-state index in [1.807, 2.05) is 6.92 Å². The first-order valence-electron chi connectivity index (χ1n) is 2.24. The van der Waals surface area contributed by atoms with Crippen molar-refractivity contribution in [3.63, 3.8) is 0 Å². The Morgan fingerprint density at radius 2 is 2.57 bits per heavy atom. The summed E-state index contributed by atoms with van der Waals surface area (Å²) in [5, 5.41) is 0. The van der Waals surface area contributed by atoms with E-state index in [-0.39, 0.29) is 0 Å². The Balaban J connectivity index is 3.26. The predicted molar refractivity (Wildman–Crippen MR) is 32.1 cm³/mol. The van der Waals surface area contributed by atoms with Crippen LogP contribution in [0.3, 0.4) is 0 Å². The average molecular weight is 98.1 g/mol. The molecule has 0 saturated heterocycles. The van der Waals surface area contributed by atoms with E-state index in [1.165, 1.54) is 0 Å². The largest absolute Gasteiger partial charge is 0.384 e. The summed E-state index contributed by atoms with van der Waals surface area (Å²) in [7, 11) is 0. The molecular weight excluding hydrogens is 88.1 g/mol. The third-order valence-corrected chi connectivity index (χ3v) is 0.440. The normalized spacial score (nSPS) is 9.86. The van der Waals surface area contributed by atoms with Crippen molar-refractivity contribution in [3.8, 4) is 0 Å². The highest BCUT2D eigenvalue weighted by atomic mass is 14.9. The maximum Gasteiger partial charge on any atom is 0.115 e. The van der Waals surface area contributed by atoms with E-state index < -0.39 is 0 Å². The van der Waals surface area contributed by atoms with Crippen molar-refractivity contribution in [1.82, 2.24) is 0 Å². The molecule has 0 atom stereocenters. The maximum atomic E-state index is 5.09. The van der Waals surface area contributed by atoms with E-state index in [2.05, 4.69) is 11.6 Å². The quantitative estimate of drug-likeness (QED) is 0.512. The second kappa shape index (κ2) is 3.40. The van der Waals surface area contributed by atoms with Crippen molar-refractivity contribution >= 4 is 6.21 Å². The summed E-state index contributed by atoms with van der Waals surface area (Å²) in [6, 6.07) is 0. The van der Waals surface area contributed by atoms with Gasteiger partial charge in [-0.3, -0.25) is 0 Å². The first-order chi connectivity index (χ1) is 3.27. The van der Waals surface area contributed by atoms with Gasteiger partial charge < -0.3 is 5.73 Å². The lowest BCUT2D eigenvalue weighted by Gasteiger charge is -1.81. The van der Waals surface area contributed by atoms with Gasteiger partial charge in [0, 0.05) is 6.21 Å². The smallest absolute Gasteiger partial charge is 0.115 e. The molecule has 0 aliphatic rings. The molecule has 0 heterocycles. The van der Waals surface area contributed by atoms with Crippen LogP contribution in [-0.2, 0) is 0 Å². The van der Waals surface area contributed by atoms with Crippen LogP contribution in [-0.4, -0.2) is 6.21 Å². The Bertz CT molecular complexity index is 84.1. The van der Waals surface area contributed by atoms with Crippen molar-refractivity contribution < 1.29 is 0 Å². The van der Waals surface area contributed by atoms with E-state index >= 15 is 0 Å². The minimum atomic E-state index is 0.377. The van der Waals surface area contributed by atoms with Crippen LogP contribution >= 0.6 is 0 Å². The van der Waals surface area contributed by atoms with Gasteiger partial charge in [0.15, 0.2) is 0 Å². The molecule has 0 fully saturated rings. The lowest BCUT2D eigenvalue weighted by molar-refractivity contribution is 1.23. The van der Waals surface area contributed by atoms with E-state index in [9.17, 15) is 0 Å². The third-order valence-electron chi connectivity index (χ3n) is 0.440. The molecule has 0 bridgehead atoms. The van der Waals surface area contributed by atoms with Crippen LogP contribution in [0, 0.1) is 0 Å². The summed E-state index contributed by atoms with van der Waals surface area (Å²) >= 11 is 0. The van der Waals surface area contributed by atoms with Crippen LogP contribution in [0.1, 0.15) is 13.3 Å². The fourth-order valence-corrected chi connectivity index (χ4v) is 0.209. The van der Waals surface area contributed by atoms with Gasteiger partial charge in [0.1, 0.15) is 5.82 Å². The van der Waals surface area contributed by atoms with Gasteiger partial charge in [0.25, 0.3) is 0 Å². The fourth-order valence-electron chi connectivity index (χ4n) is 0.209. The van der Waals surface area contributed by atoms with Crippen LogP contribution in [0.5, 0.6) is 0 Å². The summed E-state index contributed by atoms with van der Waals surface area (Å²) < 4.78 is 0. The molecule has 2 heteroatoms. The Morgan fingerprint density at radius 1 is 2.00 bits per heavy atom. The molecule has 0 aliphatic carbocycles. The minimum absolute atomic E-state index is 0.377. The first kappa shape index (κ1) is 6.21. The topological polar surface area (TPSA) is 38.4 Å². The van der Waals surface area contributed by atoms with E-state index in [4.69, 9.17) is 5.73 Å². The van der Waals surface area contributed by atoms with Crippen molar-refractivity contribution in [3.05, 3.63) is 12.4 Å². The number of hydrogen-bond acceptors (Lipinski definition) is 2. The highest BCUT2D eigenvalue weighted by Gasteiger charge is 1.68. The highest BCUT2D eigenvalue weighted by Crippen LogP contribution is 1.76. The van der Waals surface area contributed by atoms with Crippen LogP contribution in [0.25, 0.3) is 0 Å². The van der Waals surface area contributed by atoms with Gasteiger partial charge in [-0.05, 0) is 6.42 Å². The summed E-state index contributed by atoms with van der Waals surface area (Å²) in [6.45, 7) is 5.36. The zero-order valence-electron chi connectivity index (χ0n) is 4.52. The van der Waals surface area contributed by atoms with Crippen molar-refractivity contribution in [2.75, 3.05) is 0 Å². The third kappa shape index (κ3) is 5.21. The molecular formula is C5H10N2. The van der Waals surface area contributed by atoms with Crippen molar-refractivity contribution in [2.45, 2.75) is 13.3 Å². The molecule has 0 aromatic carbocycles. The molecule has 7 heavy (non-hydrogen) atoms. The van der Waals surface area contributed by atoms with Gasteiger partial charge in [-0.15, -0.1) is 0 Å². The molecule has 0 spiro atoms. The Hall–Kier alpha value is -0.790. The molecule has 2 N–H and O–H groups in total. The molecule has 2 nitrogen and oxygen atoms in total. The van der Waals surface area contributed by atoms with Crippen molar-refractivity contribution in [2.24, 2.45) is 10.7 Å². The molecule has 0 aromatic rings. The maximum absolute atomic E-state index is 5.09. The lowest BCUT2D eigenvalue weighted by Crippen LogP contribution is -1.89. The summed E-state index contributed by atoms with van der Waals surface area (Å²) in [6.07, 6.45) is 2.64. The zero-order valence-corrected chi connectivity index (χ0v) is 4.52. The molecule has 0 aromatic heterocycles. The second-order valence-corrected chi connectivity index (χ2v) is 1.21. The molecule has 0 saturated carbocycles. The predicted octanol–water partition coefficient (Wildman–Crippen LogP) is 0.897. The van der Waals surface area contributed by atoms with E-state index in [1.54, 1.807) is 6.21 Å². The summed E-state index contributed by atoms with van der Waals surface area (Å²) in [4.78, 5) is 3.70. The van der Waals surface area contributed by atoms with Gasteiger partial charge in [-0.25, -0.2) is 4.99 Å². The zero-order chi connectivity index (χ0) is 5.70. The van der Waals surface area contributed by atoms with Crippen LogP contribution in [0.2, 0.25) is 0 Å².